The number of aliphatic imine (C=N–C) groups is 2. The van der Waals surface area contributed by atoms with Gasteiger partial charge in [-0.2, -0.15) is 0 Å². The Bertz CT molecular complexity index is 282. The van der Waals surface area contributed by atoms with Crippen LogP contribution in [0.25, 0.3) is 0 Å². The molecule has 0 atom stereocenters. The maximum absolute atomic E-state index is 4.32. The summed E-state index contributed by atoms with van der Waals surface area (Å²) in [6.45, 7) is 3.83. The van der Waals surface area contributed by atoms with Gasteiger partial charge in [0.1, 0.15) is 0 Å². The number of thioether (sulfide) groups is 2. The van der Waals surface area contributed by atoms with Crippen molar-refractivity contribution in [1.29, 1.82) is 0 Å². The lowest BCUT2D eigenvalue weighted by Crippen LogP contribution is -2.15. The van der Waals surface area contributed by atoms with E-state index in [2.05, 4.69) is 32.8 Å². The van der Waals surface area contributed by atoms with Gasteiger partial charge in [0.25, 0.3) is 0 Å². The molecule has 2 N–H and O–H groups in total. The van der Waals surface area contributed by atoms with Crippen LogP contribution in [0.3, 0.4) is 0 Å². The van der Waals surface area contributed by atoms with Gasteiger partial charge in [-0.25, -0.2) is 0 Å². The Morgan fingerprint density at radius 3 is 1.81 bits per heavy atom. The third kappa shape index (κ3) is 4.09. The Morgan fingerprint density at radius 1 is 0.938 bits per heavy atom. The first-order valence-electron chi connectivity index (χ1n) is 5.42. The molecule has 6 heteroatoms. The highest BCUT2D eigenvalue weighted by Gasteiger charge is 2.04. The van der Waals surface area contributed by atoms with Crippen molar-refractivity contribution in [2.24, 2.45) is 9.98 Å². The first-order chi connectivity index (χ1) is 7.95. The molecule has 0 radical (unpaired) electrons. The molecule has 0 aromatic rings. The molecular weight excluding hydrogens is 240 g/mol. The SMILES string of the molecule is C(=CCSC1=NCCN1)CSC1=NCCN1. The molecule has 0 fully saturated rings. The Balaban J connectivity index is 1.52. The molecule has 2 aliphatic heterocycles. The van der Waals surface area contributed by atoms with E-state index in [1.807, 2.05) is 0 Å². The zero-order valence-corrected chi connectivity index (χ0v) is 10.7. The molecule has 0 spiro atoms. The van der Waals surface area contributed by atoms with Gasteiger partial charge in [0.15, 0.2) is 10.3 Å². The molecule has 0 unspecified atom stereocenters. The van der Waals surface area contributed by atoms with E-state index in [0.29, 0.717) is 0 Å². The predicted molar refractivity (Wildman–Crippen MR) is 74.7 cm³/mol. The van der Waals surface area contributed by atoms with Crippen LogP contribution in [0.5, 0.6) is 0 Å². The molecule has 88 valence electrons. The lowest BCUT2D eigenvalue weighted by molar-refractivity contribution is 0.963. The topological polar surface area (TPSA) is 48.8 Å². The maximum atomic E-state index is 4.32. The molecule has 0 amide bonds. The van der Waals surface area contributed by atoms with Crippen LogP contribution < -0.4 is 10.6 Å². The van der Waals surface area contributed by atoms with Gasteiger partial charge in [-0.15, -0.1) is 0 Å². The Hall–Kier alpha value is -0.620. The minimum absolute atomic E-state index is 0.924. The maximum Gasteiger partial charge on any atom is 0.156 e. The molecular formula is C10H16N4S2. The highest BCUT2D eigenvalue weighted by molar-refractivity contribution is 8.14. The van der Waals surface area contributed by atoms with E-state index < -0.39 is 0 Å². The molecule has 0 aromatic carbocycles. The monoisotopic (exact) mass is 256 g/mol. The van der Waals surface area contributed by atoms with Crippen molar-refractivity contribution in [3.8, 4) is 0 Å². The van der Waals surface area contributed by atoms with Gasteiger partial charge in [0.2, 0.25) is 0 Å². The van der Waals surface area contributed by atoms with Crippen molar-refractivity contribution in [2.45, 2.75) is 0 Å². The van der Waals surface area contributed by atoms with Crippen LogP contribution in [-0.4, -0.2) is 48.0 Å². The zero-order valence-electron chi connectivity index (χ0n) is 9.11. The Labute approximate surface area is 104 Å². The van der Waals surface area contributed by atoms with Gasteiger partial charge in [-0.3, -0.25) is 9.98 Å². The molecule has 16 heavy (non-hydrogen) atoms. The minimum Gasteiger partial charge on any atom is -0.363 e. The second kappa shape index (κ2) is 6.85. The molecule has 0 aliphatic carbocycles. The van der Waals surface area contributed by atoms with Crippen LogP contribution in [0.4, 0.5) is 0 Å². The van der Waals surface area contributed by atoms with Gasteiger partial charge < -0.3 is 10.6 Å². The summed E-state index contributed by atoms with van der Waals surface area (Å²) in [7, 11) is 0. The number of nitrogens with zero attached hydrogens (tertiary/aromatic N) is 2. The highest BCUT2D eigenvalue weighted by Crippen LogP contribution is 2.08. The molecule has 0 saturated heterocycles. The van der Waals surface area contributed by atoms with Crippen molar-refractivity contribution in [2.75, 3.05) is 37.7 Å². The molecule has 0 aromatic heterocycles. The molecule has 2 rings (SSSR count). The Morgan fingerprint density at radius 2 is 1.44 bits per heavy atom. The summed E-state index contributed by atoms with van der Waals surface area (Å²) in [5.74, 6) is 1.98. The summed E-state index contributed by atoms with van der Waals surface area (Å²) < 4.78 is 0. The molecule has 4 nitrogen and oxygen atoms in total. The second-order valence-corrected chi connectivity index (χ2v) is 5.34. The van der Waals surface area contributed by atoms with E-state index in [1.165, 1.54) is 0 Å². The normalized spacial score (nSPS) is 19.5. The smallest absolute Gasteiger partial charge is 0.156 e. The van der Waals surface area contributed by atoms with E-state index in [9.17, 15) is 0 Å². The fourth-order valence-electron chi connectivity index (χ4n) is 1.34. The van der Waals surface area contributed by atoms with Gasteiger partial charge in [-0.05, 0) is 0 Å². The molecule has 0 saturated carbocycles. The largest absolute Gasteiger partial charge is 0.363 e. The van der Waals surface area contributed by atoms with E-state index in [-0.39, 0.29) is 0 Å². The predicted octanol–water partition coefficient (Wildman–Crippen LogP) is 0.927. The van der Waals surface area contributed by atoms with Crippen molar-refractivity contribution < 1.29 is 0 Å². The van der Waals surface area contributed by atoms with Gasteiger partial charge in [0, 0.05) is 24.6 Å². The summed E-state index contributed by atoms with van der Waals surface area (Å²) in [4.78, 5) is 8.63. The second-order valence-electron chi connectivity index (χ2n) is 3.32. The van der Waals surface area contributed by atoms with Crippen LogP contribution in [0.15, 0.2) is 22.1 Å². The van der Waals surface area contributed by atoms with E-state index in [1.54, 1.807) is 23.5 Å². The highest BCUT2D eigenvalue weighted by atomic mass is 32.2. The average molecular weight is 256 g/mol. The van der Waals surface area contributed by atoms with Crippen LogP contribution in [0, 0.1) is 0 Å². The van der Waals surface area contributed by atoms with Crippen molar-refractivity contribution >= 4 is 33.9 Å². The van der Waals surface area contributed by atoms with Crippen LogP contribution in [0.2, 0.25) is 0 Å². The summed E-state index contributed by atoms with van der Waals surface area (Å²) in [6, 6.07) is 0. The quantitative estimate of drug-likeness (QED) is 0.735. The van der Waals surface area contributed by atoms with Gasteiger partial charge >= 0.3 is 0 Å². The summed E-state index contributed by atoms with van der Waals surface area (Å²) in [6.07, 6.45) is 4.38. The first kappa shape index (κ1) is 11.9. The molecule has 2 heterocycles. The standard InChI is InChI=1S/C10H16N4S2/c1(7-15-9-11-3-4-12-9)2-8-16-10-13-5-6-14-10/h1-2H,3-8H2,(H,11,12)(H,13,14). The van der Waals surface area contributed by atoms with E-state index in [0.717, 1.165) is 48.0 Å². The number of hydrogen-bond donors (Lipinski definition) is 2. The van der Waals surface area contributed by atoms with Crippen molar-refractivity contribution in [3.05, 3.63) is 12.2 Å². The van der Waals surface area contributed by atoms with Gasteiger partial charge in [0.05, 0.1) is 13.1 Å². The van der Waals surface area contributed by atoms with Crippen molar-refractivity contribution in [3.63, 3.8) is 0 Å². The number of nitrogens with one attached hydrogen (secondary N) is 2. The van der Waals surface area contributed by atoms with Crippen LogP contribution >= 0.6 is 23.5 Å². The molecule has 0 bridgehead atoms. The Kier molecular flexibility index (Phi) is 5.08. The third-order valence-electron chi connectivity index (χ3n) is 2.09. The fourth-order valence-corrected chi connectivity index (χ4v) is 2.89. The first-order valence-corrected chi connectivity index (χ1v) is 7.39. The summed E-state index contributed by atoms with van der Waals surface area (Å²) in [5, 5.41) is 8.64. The lowest BCUT2D eigenvalue weighted by atomic mass is 10.6. The summed E-state index contributed by atoms with van der Waals surface area (Å²) >= 11 is 3.53. The number of rotatable bonds is 4. The summed E-state index contributed by atoms with van der Waals surface area (Å²) in [5.41, 5.74) is 0. The number of amidine groups is 2. The average Bonchev–Trinajstić information content (AvgIpc) is 2.96. The van der Waals surface area contributed by atoms with Crippen LogP contribution in [0.1, 0.15) is 0 Å². The van der Waals surface area contributed by atoms with Crippen molar-refractivity contribution in [1.82, 2.24) is 10.6 Å². The fraction of sp³-hybridized carbons (Fsp3) is 0.600. The van der Waals surface area contributed by atoms with E-state index in [4.69, 9.17) is 0 Å². The molecule has 2 aliphatic rings. The zero-order chi connectivity index (χ0) is 11.1. The van der Waals surface area contributed by atoms with E-state index >= 15 is 0 Å². The van der Waals surface area contributed by atoms with Crippen LogP contribution in [-0.2, 0) is 0 Å². The minimum atomic E-state index is 0.924. The van der Waals surface area contributed by atoms with Gasteiger partial charge in [-0.1, -0.05) is 35.7 Å². The third-order valence-corrected chi connectivity index (χ3v) is 3.90. The lowest BCUT2D eigenvalue weighted by Gasteiger charge is -1.98. The number of hydrogen-bond acceptors (Lipinski definition) is 6.